The number of halogens is 1. The fourth-order valence-electron chi connectivity index (χ4n) is 2.72. The molecule has 1 unspecified atom stereocenters. The van der Waals surface area contributed by atoms with E-state index in [2.05, 4.69) is 19.2 Å². The minimum Gasteiger partial charge on any atom is -0.364 e. The molecule has 2 N–H and O–H groups in total. The van der Waals surface area contributed by atoms with E-state index in [1.807, 2.05) is 19.1 Å². The van der Waals surface area contributed by atoms with E-state index < -0.39 is 0 Å². The van der Waals surface area contributed by atoms with Gasteiger partial charge in [0.1, 0.15) is 25.3 Å². The van der Waals surface area contributed by atoms with Gasteiger partial charge in [0.2, 0.25) is 0 Å². The largest absolute Gasteiger partial charge is 0.364 e. The second-order valence-electron chi connectivity index (χ2n) is 5.60. The SMILES string of the molecule is Cc1cc(Cl)ccc1NC(=O)C[NH+]1C[C@@H](C)O[C@@H](C)C1. The van der Waals surface area contributed by atoms with Crippen LogP contribution in [0.4, 0.5) is 5.69 Å². The van der Waals surface area contributed by atoms with E-state index in [1.54, 1.807) is 6.07 Å². The zero-order chi connectivity index (χ0) is 14.7. The molecule has 1 aromatic rings. The van der Waals surface area contributed by atoms with Crippen LogP contribution in [0.1, 0.15) is 19.4 Å². The number of rotatable bonds is 3. The minimum absolute atomic E-state index is 0.0340. The number of ether oxygens (including phenoxy) is 1. The maximum Gasteiger partial charge on any atom is 0.279 e. The molecule has 110 valence electrons. The summed E-state index contributed by atoms with van der Waals surface area (Å²) in [5.41, 5.74) is 1.80. The van der Waals surface area contributed by atoms with Crippen LogP contribution in [0, 0.1) is 6.92 Å². The van der Waals surface area contributed by atoms with E-state index in [9.17, 15) is 4.79 Å². The van der Waals surface area contributed by atoms with Gasteiger partial charge in [-0.2, -0.15) is 0 Å². The molecule has 0 radical (unpaired) electrons. The van der Waals surface area contributed by atoms with Gasteiger partial charge in [-0.1, -0.05) is 11.6 Å². The molecule has 0 spiro atoms. The summed E-state index contributed by atoms with van der Waals surface area (Å²) in [7, 11) is 0. The van der Waals surface area contributed by atoms with Crippen molar-refractivity contribution >= 4 is 23.2 Å². The third kappa shape index (κ3) is 4.20. The van der Waals surface area contributed by atoms with Crippen LogP contribution in [-0.4, -0.2) is 37.7 Å². The Bertz CT molecular complexity index is 483. The molecular weight excluding hydrogens is 276 g/mol. The minimum atomic E-state index is 0.0340. The summed E-state index contributed by atoms with van der Waals surface area (Å²) in [6.45, 7) is 8.26. The van der Waals surface area contributed by atoms with Crippen molar-refractivity contribution in [2.75, 3.05) is 25.0 Å². The molecule has 2 rings (SSSR count). The van der Waals surface area contributed by atoms with Gasteiger partial charge in [0.15, 0.2) is 6.54 Å². The smallest absolute Gasteiger partial charge is 0.279 e. The Balaban J connectivity index is 1.92. The van der Waals surface area contributed by atoms with Gasteiger partial charge >= 0.3 is 0 Å². The molecule has 5 heteroatoms. The Hall–Kier alpha value is -1.10. The maximum absolute atomic E-state index is 12.1. The lowest BCUT2D eigenvalue weighted by Gasteiger charge is -2.31. The summed E-state index contributed by atoms with van der Waals surface area (Å²) >= 11 is 5.91. The average Bonchev–Trinajstić information content (AvgIpc) is 2.31. The Kier molecular flexibility index (Phi) is 5.02. The molecule has 1 aromatic carbocycles. The van der Waals surface area contributed by atoms with Crippen LogP contribution in [-0.2, 0) is 9.53 Å². The third-order valence-electron chi connectivity index (χ3n) is 3.49. The predicted molar refractivity (Wildman–Crippen MR) is 80.4 cm³/mol. The van der Waals surface area contributed by atoms with E-state index in [4.69, 9.17) is 16.3 Å². The maximum atomic E-state index is 12.1. The van der Waals surface area contributed by atoms with Crippen molar-refractivity contribution in [2.45, 2.75) is 33.0 Å². The second-order valence-corrected chi connectivity index (χ2v) is 6.04. The Morgan fingerprint density at radius 3 is 2.65 bits per heavy atom. The van der Waals surface area contributed by atoms with Gasteiger partial charge in [0.25, 0.3) is 5.91 Å². The molecule has 1 aliphatic heterocycles. The fraction of sp³-hybridized carbons (Fsp3) is 0.533. The van der Waals surface area contributed by atoms with E-state index >= 15 is 0 Å². The van der Waals surface area contributed by atoms with Crippen LogP contribution in [0.15, 0.2) is 18.2 Å². The number of hydrogen-bond donors (Lipinski definition) is 2. The molecule has 20 heavy (non-hydrogen) atoms. The number of morpholine rings is 1. The van der Waals surface area contributed by atoms with Crippen molar-refractivity contribution in [1.82, 2.24) is 0 Å². The summed E-state index contributed by atoms with van der Waals surface area (Å²) in [4.78, 5) is 13.4. The second kappa shape index (κ2) is 6.57. The standard InChI is InChI=1S/C15H21ClN2O2/c1-10-6-13(16)4-5-14(10)17-15(19)9-18-7-11(2)20-12(3)8-18/h4-6,11-12H,7-9H2,1-3H3,(H,17,19)/p+1/t11-,12+. The molecule has 4 nitrogen and oxygen atoms in total. The van der Waals surface area contributed by atoms with Crippen molar-refractivity contribution in [1.29, 1.82) is 0 Å². The van der Waals surface area contributed by atoms with Gasteiger partial charge in [-0.05, 0) is 44.5 Å². The summed E-state index contributed by atoms with van der Waals surface area (Å²) in [6.07, 6.45) is 0.414. The number of hydrogen-bond acceptors (Lipinski definition) is 2. The van der Waals surface area contributed by atoms with Crippen molar-refractivity contribution in [2.24, 2.45) is 0 Å². The molecule has 1 aliphatic rings. The summed E-state index contributed by atoms with van der Waals surface area (Å²) in [5.74, 6) is 0.0340. The number of anilines is 1. The van der Waals surface area contributed by atoms with E-state index in [0.29, 0.717) is 11.6 Å². The van der Waals surface area contributed by atoms with Crippen molar-refractivity contribution < 1.29 is 14.4 Å². The van der Waals surface area contributed by atoms with E-state index in [1.165, 1.54) is 4.90 Å². The van der Waals surface area contributed by atoms with Crippen LogP contribution in [0.3, 0.4) is 0 Å². The van der Waals surface area contributed by atoms with Crippen LogP contribution < -0.4 is 10.2 Å². The number of carbonyl (C=O) groups excluding carboxylic acids is 1. The Morgan fingerprint density at radius 1 is 1.40 bits per heavy atom. The zero-order valence-electron chi connectivity index (χ0n) is 12.2. The molecule has 1 heterocycles. The van der Waals surface area contributed by atoms with Gasteiger partial charge in [-0.15, -0.1) is 0 Å². The topological polar surface area (TPSA) is 42.8 Å². The number of carbonyl (C=O) groups is 1. The van der Waals surface area contributed by atoms with Crippen molar-refractivity contribution in [3.63, 3.8) is 0 Å². The van der Waals surface area contributed by atoms with Gasteiger partial charge in [-0.3, -0.25) is 4.79 Å². The molecule has 1 amide bonds. The lowest BCUT2D eigenvalue weighted by atomic mass is 10.2. The first-order valence-corrected chi connectivity index (χ1v) is 7.37. The summed E-state index contributed by atoms with van der Waals surface area (Å²) < 4.78 is 5.68. The lowest BCUT2D eigenvalue weighted by Crippen LogP contribution is -3.16. The molecule has 1 saturated heterocycles. The number of benzene rings is 1. The highest BCUT2D eigenvalue weighted by Gasteiger charge is 2.27. The molecule has 1 fully saturated rings. The fourth-order valence-corrected chi connectivity index (χ4v) is 2.95. The van der Waals surface area contributed by atoms with Crippen molar-refractivity contribution in [3.05, 3.63) is 28.8 Å². The molecule has 3 atom stereocenters. The summed E-state index contributed by atoms with van der Waals surface area (Å²) in [5, 5.41) is 3.64. The number of nitrogens with one attached hydrogen (secondary N) is 2. The first-order valence-electron chi connectivity index (χ1n) is 6.99. The number of amides is 1. The van der Waals surface area contributed by atoms with Gasteiger partial charge in [0, 0.05) is 10.7 Å². The highest BCUT2D eigenvalue weighted by Crippen LogP contribution is 2.19. The molecule has 0 saturated carbocycles. The average molecular weight is 298 g/mol. The van der Waals surface area contributed by atoms with Gasteiger partial charge in [-0.25, -0.2) is 0 Å². The molecule has 0 bridgehead atoms. The third-order valence-corrected chi connectivity index (χ3v) is 3.73. The van der Waals surface area contributed by atoms with Gasteiger partial charge in [0.05, 0.1) is 0 Å². The van der Waals surface area contributed by atoms with Crippen molar-refractivity contribution in [3.8, 4) is 0 Å². The van der Waals surface area contributed by atoms with Crippen LogP contribution >= 0.6 is 11.6 Å². The Morgan fingerprint density at radius 2 is 2.05 bits per heavy atom. The molecule has 0 aliphatic carbocycles. The monoisotopic (exact) mass is 297 g/mol. The van der Waals surface area contributed by atoms with E-state index in [-0.39, 0.29) is 18.1 Å². The quantitative estimate of drug-likeness (QED) is 0.883. The predicted octanol–water partition coefficient (Wildman–Crippen LogP) is 1.28. The zero-order valence-corrected chi connectivity index (χ0v) is 13.0. The van der Waals surface area contributed by atoms with Crippen LogP contribution in [0.25, 0.3) is 0 Å². The highest BCUT2D eigenvalue weighted by molar-refractivity contribution is 6.30. The first kappa shape index (κ1) is 15.3. The Labute approximate surface area is 125 Å². The van der Waals surface area contributed by atoms with E-state index in [0.717, 1.165) is 24.3 Å². The molecular formula is C15H22ClN2O2+. The number of aryl methyl sites for hydroxylation is 1. The highest BCUT2D eigenvalue weighted by atomic mass is 35.5. The summed E-state index contributed by atoms with van der Waals surface area (Å²) in [6, 6.07) is 5.48. The number of quaternary nitrogens is 1. The molecule has 0 aromatic heterocycles. The lowest BCUT2D eigenvalue weighted by molar-refractivity contribution is -0.907. The first-order chi connectivity index (χ1) is 9.44. The van der Waals surface area contributed by atoms with Crippen LogP contribution in [0.2, 0.25) is 5.02 Å². The normalized spacial score (nSPS) is 26.3. The van der Waals surface area contributed by atoms with Gasteiger partial charge < -0.3 is 15.0 Å². The van der Waals surface area contributed by atoms with Crippen LogP contribution in [0.5, 0.6) is 0 Å².